The Morgan fingerprint density at radius 2 is 1.63 bits per heavy atom. The molecule has 0 aromatic heterocycles. The smallest absolute Gasteiger partial charge is 0.134 e. The molecule has 1 atom stereocenters. The Labute approximate surface area is 112 Å². The minimum absolute atomic E-state index is 0.175. The first-order chi connectivity index (χ1) is 8.91. The van der Waals surface area contributed by atoms with Gasteiger partial charge in [-0.05, 0) is 24.6 Å². The van der Waals surface area contributed by atoms with Crippen molar-refractivity contribution in [1.29, 1.82) is 0 Å². The topological polar surface area (TPSA) is 0 Å². The molecule has 0 fully saturated rings. The fourth-order valence-electron chi connectivity index (χ4n) is 1.77. The lowest BCUT2D eigenvalue weighted by Gasteiger charge is -2.14. The highest BCUT2D eigenvalue weighted by molar-refractivity contribution is 6.22. The molecule has 100 valence electrons. The monoisotopic (exact) mass is 288 g/mol. The number of alkyl halides is 1. The lowest BCUT2D eigenvalue weighted by atomic mass is 10.0. The highest BCUT2D eigenvalue weighted by atomic mass is 35.5. The van der Waals surface area contributed by atoms with Crippen molar-refractivity contribution in [2.45, 2.75) is 12.3 Å². The van der Waals surface area contributed by atoms with Gasteiger partial charge in [-0.2, -0.15) is 0 Å². The fraction of sp³-hybridized carbons (Fsp3) is 0.143. The highest BCUT2D eigenvalue weighted by Gasteiger charge is 2.23. The van der Waals surface area contributed by atoms with Crippen molar-refractivity contribution in [2.75, 3.05) is 0 Å². The lowest BCUT2D eigenvalue weighted by Crippen LogP contribution is -2.05. The van der Waals surface area contributed by atoms with E-state index in [1.807, 2.05) is 0 Å². The maximum atomic E-state index is 13.9. The summed E-state index contributed by atoms with van der Waals surface area (Å²) in [5.41, 5.74) is -0.414. The van der Waals surface area contributed by atoms with Gasteiger partial charge in [0.15, 0.2) is 0 Å². The van der Waals surface area contributed by atoms with Gasteiger partial charge < -0.3 is 0 Å². The van der Waals surface area contributed by atoms with Crippen LogP contribution >= 0.6 is 11.6 Å². The lowest BCUT2D eigenvalue weighted by molar-refractivity contribution is 0.544. The van der Waals surface area contributed by atoms with Crippen molar-refractivity contribution in [3.05, 3.63) is 70.3 Å². The van der Waals surface area contributed by atoms with Crippen molar-refractivity contribution in [3.8, 4) is 0 Å². The zero-order valence-electron chi connectivity index (χ0n) is 9.85. The summed E-state index contributed by atoms with van der Waals surface area (Å²) in [4.78, 5) is 0. The molecule has 0 saturated heterocycles. The van der Waals surface area contributed by atoms with E-state index in [9.17, 15) is 17.6 Å². The molecule has 0 spiro atoms. The second-order valence-corrected chi connectivity index (χ2v) is 4.56. The molecular formula is C14H9ClF4. The Morgan fingerprint density at radius 3 is 2.26 bits per heavy atom. The van der Waals surface area contributed by atoms with Gasteiger partial charge in [0.25, 0.3) is 0 Å². The molecule has 19 heavy (non-hydrogen) atoms. The van der Waals surface area contributed by atoms with Crippen LogP contribution in [0.15, 0.2) is 30.3 Å². The van der Waals surface area contributed by atoms with Crippen LogP contribution in [-0.4, -0.2) is 0 Å². The summed E-state index contributed by atoms with van der Waals surface area (Å²) in [6.07, 6.45) is 0. The molecule has 2 aromatic carbocycles. The third kappa shape index (κ3) is 2.59. The molecule has 0 aliphatic carbocycles. The largest absolute Gasteiger partial charge is 0.207 e. The minimum atomic E-state index is -1.36. The molecule has 5 heteroatoms. The summed E-state index contributed by atoms with van der Waals surface area (Å²) < 4.78 is 53.9. The van der Waals surface area contributed by atoms with Gasteiger partial charge in [-0.15, -0.1) is 11.6 Å². The van der Waals surface area contributed by atoms with Gasteiger partial charge in [0, 0.05) is 17.2 Å². The average Bonchev–Trinajstić information content (AvgIpc) is 2.34. The SMILES string of the molecule is Cc1ccc(F)c(C(Cl)c2ccc(F)cc2F)c1F. The second-order valence-electron chi connectivity index (χ2n) is 4.12. The van der Waals surface area contributed by atoms with Gasteiger partial charge in [-0.25, -0.2) is 17.6 Å². The zero-order chi connectivity index (χ0) is 14.2. The second kappa shape index (κ2) is 5.21. The molecule has 0 amide bonds. The van der Waals surface area contributed by atoms with Crippen LogP contribution in [-0.2, 0) is 0 Å². The van der Waals surface area contributed by atoms with Gasteiger partial charge >= 0.3 is 0 Å². The van der Waals surface area contributed by atoms with Gasteiger partial charge in [0.05, 0.1) is 5.38 Å². The van der Waals surface area contributed by atoms with E-state index in [0.717, 1.165) is 18.2 Å². The molecule has 0 radical (unpaired) electrons. The number of aryl methyl sites for hydroxylation is 1. The molecule has 0 saturated carbocycles. The molecule has 2 rings (SSSR count). The zero-order valence-corrected chi connectivity index (χ0v) is 10.6. The summed E-state index contributed by atoms with van der Waals surface area (Å²) in [6, 6.07) is 5.00. The normalized spacial score (nSPS) is 12.5. The summed E-state index contributed by atoms with van der Waals surface area (Å²) in [6.45, 7) is 1.45. The maximum Gasteiger partial charge on any atom is 0.134 e. The van der Waals surface area contributed by atoms with Crippen LogP contribution in [0.2, 0.25) is 0 Å². The van der Waals surface area contributed by atoms with Crippen molar-refractivity contribution < 1.29 is 17.6 Å². The maximum absolute atomic E-state index is 13.9. The van der Waals surface area contributed by atoms with E-state index >= 15 is 0 Å². The van der Waals surface area contributed by atoms with E-state index in [4.69, 9.17) is 11.6 Å². The first kappa shape index (κ1) is 13.9. The number of benzene rings is 2. The summed E-state index contributed by atoms with van der Waals surface area (Å²) in [5, 5.41) is -1.36. The highest BCUT2D eigenvalue weighted by Crippen LogP contribution is 2.35. The fourth-order valence-corrected chi connectivity index (χ4v) is 2.15. The van der Waals surface area contributed by atoms with Crippen molar-refractivity contribution in [3.63, 3.8) is 0 Å². The quantitative estimate of drug-likeness (QED) is 0.546. The predicted octanol–water partition coefficient (Wildman–Crippen LogP) is 4.88. The van der Waals surface area contributed by atoms with Crippen molar-refractivity contribution in [2.24, 2.45) is 0 Å². The predicted molar refractivity (Wildman–Crippen MR) is 65.1 cm³/mol. The van der Waals surface area contributed by atoms with Crippen LogP contribution in [0.25, 0.3) is 0 Å². The van der Waals surface area contributed by atoms with Crippen LogP contribution in [0.5, 0.6) is 0 Å². The Balaban J connectivity index is 2.56. The molecule has 0 aliphatic heterocycles. The van der Waals surface area contributed by atoms with E-state index in [1.165, 1.54) is 13.0 Å². The number of rotatable bonds is 2. The van der Waals surface area contributed by atoms with E-state index < -0.39 is 34.2 Å². The Bertz CT molecular complexity index is 625. The minimum Gasteiger partial charge on any atom is -0.207 e. The van der Waals surface area contributed by atoms with Crippen LogP contribution in [0.4, 0.5) is 17.6 Å². The number of hydrogen-bond donors (Lipinski definition) is 0. The van der Waals surface area contributed by atoms with Crippen LogP contribution in [0.1, 0.15) is 22.1 Å². The standard InChI is InChI=1S/C14H9ClF4/c1-7-2-5-10(17)12(14(7)19)13(15)9-4-3-8(16)6-11(9)18/h2-6,13H,1H3. The van der Waals surface area contributed by atoms with Crippen LogP contribution in [0, 0.1) is 30.2 Å². The van der Waals surface area contributed by atoms with E-state index in [-0.39, 0.29) is 11.1 Å². The van der Waals surface area contributed by atoms with Crippen molar-refractivity contribution in [1.82, 2.24) is 0 Å². The molecule has 0 heterocycles. The van der Waals surface area contributed by atoms with Crippen molar-refractivity contribution >= 4 is 11.6 Å². The molecule has 0 aliphatic rings. The first-order valence-electron chi connectivity index (χ1n) is 5.45. The molecule has 2 aromatic rings. The molecule has 0 nitrogen and oxygen atoms in total. The Kier molecular flexibility index (Phi) is 3.80. The molecule has 0 bridgehead atoms. The van der Waals surface area contributed by atoms with Gasteiger partial charge in [-0.1, -0.05) is 12.1 Å². The third-order valence-corrected chi connectivity index (χ3v) is 3.26. The van der Waals surface area contributed by atoms with Gasteiger partial charge in [-0.3, -0.25) is 0 Å². The van der Waals surface area contributed by atoms with E-state index in [2.05, 4.69) is 0 Å². The average molecular weight is 289 g/mol. The van der Waals surface area contributed by atoms with Crippen LogP contribution < -0.4 is 0 Å². The number of halogens is 5. The Morgan fingerprint density at radius 1 is 0.947 bits per heavy atom. The molecule has 1 unspecified atom stereocenters. The summed E-state index contributed by atoms with van der Waals surface area (Å²) in [7, 11) is 0. The van der Waals surface area contributed by atoms with E-state index in [0.29, 0.717) is 6.07 Å². The molecular weight excluding hydrogens is 280 g/mol. The van der Waals surface area contributed by atoms with E-state index in [1.54, 1.807) is 0 Å². The van der Waals surface area contributed by atoms with Crippen LogP contribution in [0.3, 0.4) is 0 Å². The molecule has 0 N–H and O–H groups in total. The third-order valence-electron chi connectivity index (χ3n) is 2.81. The van der Waals surface area contributed by atoms with Gasteiger partial charge in [0.2, 0.25) is 0 Å². The summed E-state index contributed by atoms with van der Waals surface area (Å²) in [5.74, 6) is -3.42. The number of hydrogen-bond acceptors (Lipinski definition) is 0. The van der Waals surface area contributed by atoms with Gasteiger partial charge in [0.1, 0.15) is 23.3 Å². The first-order valence-corrected chi connectivity index (χ1v) is 5.89. The summed E-state index contributed by atoms with van der Waals surface area (Å²) >= 11 is 5.93. The Hall–Kier alpha value is -1.55.